The highest BCUT2D eigenvalue weighted by atomic mass is 16.2. The maximum atomic E-state index is 12.0. The third kappa shape index (κ3) is 9.70. The van der Waals surface area contributed by atoms with Crippen molar-refractivity contribution in [2.45, 2.75) is 39.5 Å². The quantitative estimate of drug-likeness (QED) is 0.512. The molecular formula is C14H28N4O3. The first-order valence-corrected chi connectivity index (χ1v) is 7.55. The first-order chi connectivity index (χ1) is 10.0. The van der Waals surface area contributed by atoms with Crippen LogP contribution in [0.25, 0.3) is 0 Å². The highest BCUT2D eigenvalue weighted by molar-refractivity contribution is 5.84. The highest BCUT2D eigenvalue weighted by Crippen LogP contribution is 1.94. The molecule has 0 aliphatic carbocycles. The average molecular weight is 300 g/mol. The Kier molecular flexibility index (Phi) is 11.0. The molecule has 0 spiro atoms. The summed E-state index contributed by atoms with van der Waals surface area (Å²) in [6, 6.07) is -0.264. The summed E-state index contributed by atoms with van der Waals surface area (Å²) in [6.45, 7) is 5.56. The van der Waals surface area contributed by atoms with Crippen molar-refractivity contribution in [1.29, 1.82) is 0 Å². The standard InChI is InChI=1S/C14H28N4O3/c1-4-8-16-13(20)11-18(10-5-2)14(21)17-9-6-7-12(19)15-3/h4-11H2,1-3H3,(H,15,19)(H,16,20)(H,17,21). The van der Waals surface area contributed by atoms with Gasteiger partial charge in [0.1, 0.15) is 6.54 Å². The van der Waals surface area contributed by atoms with E-state index < -0.39 is 0 Å². The Morgan fingerprint density at radius 1 is 0.952 bits per heavy atom. The van der Waals surface area contributed by atoms with Crippen LogP contribution < -0.4 is 16.0 Å². The molecule has 0 rings (SSSR count). The molecule has 0 radical (unpaired) electrons. The van der Waals surface area contributed by atoms with Gasteiger partial charge in [-0.05, 0) is 19.3 Å². The number of rotatable bonds is 10. The molecular weight excluding hydrogens is 272 g/mol. The lowest BCUT2D eigenvalue weighted by atomic mass is 10.3. The Balaban J connectivity index is 4.10. The monoisotopic (exact) mass is 300 g/mol. The van der Waals surface area contributed by atoms with E-state index in [0.717, 1.165) is 12.8 Å². The van der Waals surface area contributed by atoms with Gasteiger partial charge >= 0.3 is 6.03 Å². The van der Waals surface area contributed by atoms with Gasteiger partial charge < -0.3 is 20.9 Å². The second-order valence-corrected chi connectivity index (χ2v) is 4.78. The normalized spacial score (nSPS) is 9.86. The molecule has 3 N–H and O–H groups in total. The number of carbonyl (C=O) groups excluding carboxylic acids is 3. The lowest BCUT2D eigenvalue weighted by Gasteiger charge is -2.22. The summed E-state index contributed by atoms with van der Waals surface area (Å²) in [5, 5.41) is 8.01. The fourth-order valence-electron chi connectivity index (χ4n) is 1.70. The van der Waals surface area contributed by atoms with Crippen molar-refractivity contribution in [2.24, 2.45) is 0 Å². The van der Waals surface area contributed by atoms with Crippen molar-refractivity contribution in [1.82, 2.24) is 20.9 Å². The maximum absolute atomic E-state index is 12.0. The molecule has 21 heavy (non-hydrogen) atoms. The number of amides is 4. The molecule has 0 aromatic rings. The van der Waals surface area contributed by atoms with E-state index in [1.165, 1.54) is 4.90 Å². The summed E-state index contributed by atoms with van der Waals surface area (Å²) in [6.07, 6.45) is 2.60. The van der Waals surface area contributed by atoms with Crippen molar-refractivity contribution < 1.29 is 14.4 Å². The number of hydrogen-bond donors (Lipinski definition) is 3. The molecule has 0 unspecified atom stereocenters. The zero-order valence-corrected chi connectivity index (χ0v) is 13.3. The fourth-order valence-corrected chi connectivity index (χ4v) is 1.70. The van der Waals surface area contributed by atoms with Gasteiger partial charge in [0.2, 0.25) is 11.8 Å². The van der Waals surface area contributed by atoms with Crippen molar-refractivity contribution in [3.8, 4) is 0 Å². The summed E-state index contributed by atoms with van der Waals surface area (Å²) < 4.78 is 0. The maximum Gasteiger partial charge on any atom is 0.317 e. The van der Waals surface area contributed by atoms with Crippen LogP contribution in [0.4, 0.5) is 4.79 Å². The Labute approximate surface area is 126 Å². The lowest BCUT2D eigenvalue weighted by molar-refractivity contribution is -0.122. The van der Waals surface area contributed by atoms with Crippen molar-refractivity contribution in [2.75, 3.05) is 33.2 Å². The van der Waals surface area contributed by atoms with Crippen LogP contribution in [0, 0.1) is 0 Å². The van der Waals surface area contributed by atoms with Crippen LogP contribution in [0.15, 0.2) is 0 Å². The minimum atomic E-state index is -0.264. The molecule has 4 amide bonds. The second kappa shape index (κ2) is 12.0. The third-order valence-corrected chi connectivity index (χ3v) is 2.82. The fraction of sp³-hybridized carbons (Fsp3) is 0.786. The number of nitrogens with one attached hydrogen (secondary N) is 3. The molecule has 0 atom stereocenters. The van der Waals surface area contributed by atoms with Crippen molar-refractivity contribution in [3.63, 3.8) is 0 Å². The van der Waals surface area contributed by atoms with Gasteiger partial charge in [-0.15, -0.1) is 0 Å². The summed E-state index contributed by atoms with van der Waals surface area (Å²) in [5.74, 6) is -0.195. The molecule has 0 bridgehead atoms. The van der Waals surface area contributed by atoms with Gasteiger partial charge in [-0.3, -0.25) is 9.59 Å². The third-order valence-electron chi connectivity index (χ3n) is 2.82. The molecule has 0 aliphatic rings. The molecule has 0 heterocycles. The van der Waals surface area contributed by atoms with Crippen molar-refractivity contribution in [3.05, 3.63) is 0 Å². The van der Waals surface area contributed by atoms with Crippen LogP contribution in [0.1, 0.15) is 39.5 Å². The van der Waals surface area contributed by atoms with E-state index in [4.69, 9.17) is 0 Å². The van der Waals surface area contributed by atoms with E-state index in [1.807, 2.05) is 13.8 Å². The Bertz CT molecular complexity index is 334. The van der Waals surface area contributed by atoms with E-state index in [0.29, 0.717) is 32.5 Å². The topological polar surface area (TPSA) is 90.5 Å². The van der Waals surface area contributed by atoms with E-state index in [9.17, 15) is 14.4 Å². The van der Waals surface area contributed by atoms with Gasteiger partial charge in [0.15, 0.2) is 0 Å². The largest absolute Gasteiger partial charge is 0.359 e. The molecule has 0 saturated carbocycles. The molecule has 0 aromatic carbocycles. The van der Waals surface area contributed by atoms with Gasteiger partial charge in [-0.25, -0.2) is 4.79 Å². The van der Waals surface area contributed by atoms with Gasteiger partial charge in [0.25, 0.3) is 0 Å². The Hall–Kier alpha value is -1.79. The number of nitrogens with zero attached hydrogens (tertiary/aromatic N) is 1. The Morgan fingerprint density at radius 3 is 2.24 bits per heavy atom. The predicted octanol–water partition coefficient (Wildman–Crippen LogP) is 0.460. The smallest absolute Gasteiger partial charge is 0.317 e. The Morgan fingerprint density at radius 2 is 1.67 bits per heavy atom. The zero-order valence-electron chi connectivity index (χ0n) is 13.3. The summed E-state index contributed by atoms with van der Waals surface area (Å²) in [7, 11) is 1.58. The van der Waals surface area contributed by atoms with Crippen LogP contribution in [-0.4, -0.2) is 56.0 Å². The SMILES string of the molecule is CCCNC(=O)CN(CCC)C(=O)NCCCC(=O)NC. The molecule has 7 nitrogen and oxygen atoms in total. The second-order valence-electron chi connectivity index (χ2n) is 4.78. The highest BCUT2D eigenvalue weighted by Gasteiger charge is 2.15. The molecule has 7 heteroatoms. The molecule has 0 saturated heterocycles. The first kappa shape index (κ1) is 19.2. The minimum Gasteiger partial charge on any atom is -0.359 e. The number of carbonyl (C=O) groups is 3. The van der Waals surface area contributed by atoms with E-state index in [1.54, 1.807) is 7.05 Å². The van der Waals surface area contributed by atoms with Crippen LogP contribution >= 0.6 is 0 Å². The van der Waals surface area contributed by atoms with Gasteiger partial charge in [0, 0.05) is 33.1 Å². The number of hydrogen-bond acceptors (Lipinski definition) is 3. The van der Waals surface area contributed by atoms with E-state index in [2.05, 4.69) is 16.0 Å². The molecule has 0 fully saturated rings. The zero-order chi connectivity index (χ0) is 16.1. The van der Waals surface area contributed by atoms with Crippen LogP contribution in [0.2, 0.25) is 0 Å². The predicted molar refractivity (Wildman–Crippen MR) is 81.9 cm³/mol. The van der Waals surface area contributed by atoms with Crippen molar-refractivity contribution >= 4 is 17.8 Å². The number of urea groups is 1. The van der Waals surface area contributed by atoms with E-state index >= 15 is 0 Å². The molecule has 0 aromatic heterocycles. The summed E-state index contributed by atoms with van der Waals surface area (Å²) in [4.78, 5) is 36.2. The minimum absolute atomic E-state index is 0.0476. The van der Waals surface area contributed by atoms with Gasteiger partial charge in [-0.1, -0.05) is 13.8 Å². The summed E-state index contributed by atoms with van der Waals surface area (Å²) in [5.41, 5.74) is 0. The molecule has 122 valence electrons. The first-order valence-electron chi connectivity index (χ1n) is 7.55. The van der Waals surface area contributed by atoms with Gasteiger partial charge in [0.05, 0.1) is 0 Å². The van der Waals surface area contributed by atoms with Crippen LogP contribution in [0.3, 0.4) is 0 Å². The summed E-state index contributed by atoms with van der Waals surface area (Å²) >= 11 is 0. The lowest BCUT2D eigenvalue weighted by Crippen LogP contribution is -2.46. The van der Waals surface area contributed by atoms with Crippen LogP contribution in [0.5, 0.6) is 0 Å². The van der Waals surface area contributed by atoms with E-state index in [-0.39, 0.29) is 24.4 Å². The van der Waals surface area contributed by atoms with Gasteiger partial charge in [-0.2, -0.15) is 0 Å². The molecule has 0 aliphatic heterocycles. The average Bonchev–Trinajstić information content (AvgIpc) is 2.48. The van der Waals surface area contributed by atoms with Crippen LogP contribution in [-0.2, 0) is 9.59 Å².